The lowest BCUT2D eigenvalue weighted by atomic mass is 9.99. The van der Waals surface area contributed by atoms with Gasteiger partial charge >= 0.3 is 0 Å². The quantitative estimate of drug-likeness (QED) is 0.911. The molecule has 0 amide bonds. The van der Waals surface area contributed by atoms with Crippen molar-refractivity contribution < 1.29 is 9.84 Å². The van der Waals surface area contributed by atoms with Crippen LogP contribution in [0.3, 0.4) is 0 Å². The summed E-state index contributed by atoms with van der Waals surface area (Å²) in [5.41, 5.74) is 3.92. The first kappa shape index (κ1) is 15.2. The van der Waals surface area contributed by atoms with Crippen molar-refractivity contribution >= 4 is 15.9 Å². The van der Waals surface area contributed by atoms with Crippen molar-refractivity contribution in [2.45, 2.75) is 26.5 Å². The van der Waals surface area contributed by atoms with Crippen LogP contribution in [0.1, 0.15) is 28.5 Å². The molecular weight excluding hydrogens is 320 g/mol. The van der Waals surface area contributed by atoms with Crippen molar-refractivity contribution in [1.82, 2.24) is 9.78 Å². The van der Waals surface area contributed by atoms with Gasteiger partial charge in [0.15, 0.2) is 0 Å². The Labute approximate surface area is 127 Å². The molecule has 108 valence electrons. The van der Waals surface area contributed by atoms with Gasteiger partial charge in [-0.05, 0) is 40.9 Å². The lowest BCUT2D eigenvalue weighted by Crippen LogP contribution is -2.14. The number of rotatable bonds is 5. The van der Waals surface area contributed by atoms with Crippen LogP contribution in [0, 0.1) is 13.8 Å². The Bertz CT molecular complexity index is 596. The summed E-state index contributed by atoms with van der Waals surface area (Å²) in [7, 11) is 1.65. The van der Waals surface area contributed by atoms with E-state index in [2.05, 4.69) is 27.1 Å². The minimum atomic E-state index is -0.704. The average Bonchev–Trinajstić information content (AvgIpc) is 2.77. The van der Waals surface area contributed by atoms with Gasteiger partial charge in [-0.25, -0.2) is 0 Å². The van der Waals surface area contributed by atoms with Gasteiger partial charge in [0.25, 0.3) is 0 Å². The van der Waals surface area contributed by atoms with Crippen LogP contribution in [0.25, 0.3) is 0 Å². The van der Waals surface area contributed by atoms with E-state index in [-0.39, 0.29) is 0 Å². The van der Waals surface area contributed by atoms with Crippen molar-refractivity contribution in [2.75, 3.05) is 13.7 Å². The summed E-state index contributed by atoms with van der Waals surface area (Å²) in [4.78, 5) is 0. The van der Waals surface area contributed by atoms with Crippen LogP contribution < -0.4 is 0 Å². The third-order valence-corrected chi connectivity index (χ3v) is 3.93. The average molecular weight is 339 g/mol. The largest absolute Gasteiger partial charge is 0.383 e. The molecule has 2 aromatic rings. The van der Waals surface area contributed by atoms with E-state index in [0.29, 0.717) is 13.2 Å². The molecule has 0 aliphatic rings. The molecule has 1 atom stereocenters. The second kappa shape index (κ2) is 6.52. The molecule has 4 nitrogen and oxygen atoms in total. The monoisotopic (exact) mass is 338 g/mol. The second-order valence-electron chi connectivity index (χ2n) is 4.86. The number of ether oxygens (including phenoxy) is 1. The van der Waals surface area contributed by atoms with E-state index in [1.54, 1.807) is 18.0 Å². The Morgan fingerprint density at radius 1 is 1.40 bits per heavy atom. The summed E-state index contributed by atoms with van der Waals surface area (Å²) in [6, 6.07) is 6.05. The van der Waals surface area contributed by atoms with Crippen LogP contribution in [0.5, 0.6) is 0 Å². The summed E-state index contributed by atoms with van der Waals surface area (Å²) in [5, 5.41) is 15.0. The highest BCUT2D eigenvalue weighted by Gasteiger charge is 2.21. The van der Waals surface area contributed by atoms with Crippen LogP contribution in [-0.4, -0.2) is 28.6 Å². The van der Waals surface area contributed by atoms with Gasteiger partial charge in [-0.3, -0.25) is 4.68 Å². The first-order valence-corrected chi connectivity index (χ1v) is 7.29. The van der Waals surface area contributed by atoms with E-state index in [4.69, 9.17) is 4.74 Å². The zero-order valence-corrected chi connectivity index (χ0v) is 13.5. The maximum atomic E-state index is 10.7. The normalized spacial score (nSPS) is 12.7. The van der Waals surface area contributed by atoms with Crippen molar-refractivity contribution in [3.05, 3.63) is 51.3 Å². The Balaban J connectivity index is 2.37. The molecule has 0 fully saturated rings. The number of nitrogens with zero attached hydrogens (tertiary/aromatic N) is 2. The zero-order chi connectivity index (χ0) is 14.7. The fourth-order valence-electron chi connectivity index (χ4n) is 2.28. The fraction of sp³-hybridized carbons (Fsp3) is 0.400. The van der Waals surface area contributed by atoms with Gasteiger partial charge in [-0.15, -0.1) is 0 Å². The van der Waals surface area contributed by atoms with Gasteiger partial charge in [-0.2, -0.15) is 5.10 Å². The van der Waals surface area contributed by atoms with E-state index in [9.17, 15) is 5.11 Å². The first-order chi connectivity index (χ1) is 9.54. The molecule has 0 radical (unpaired) electrons. The molecular formula is C15H19BrN2O2. The van der Waals surface area contributed by atoms with Crippen molar-refractivity contribution in [1.29, 1.82) is 0 Å². The molecule has 0 bridgehead atoms. The van der Waals surface area contributed by atoms with E-state index in [1.807, 2.05) is 26.0 Å². The van der Waals surface area contributed by atoms with Crippen LogP contribution >= 0.6 is 15.9 Å². The molecule has 1 aromatic heterocycles. The lowest BCUT2D eigenvalue weighted by molar-refractivity contribution is 0.171. The molecule has 1 N–H and O–H groups in total. The highest BCUT2D eigenvalue weighted by molar-refractivity contribution is 9.10. The molecule has 5 heteroatoms. The minimum absolute atomic E-state index is 0.556. The molecule has 2 rings (SSSR count). The molecule has 1 unspecified atom stereocenters. The van der Waals surface area contributed by atoms with E-state index >= 15 is 0 Å². The number of aromatic nitrogens is 2. The number of halogens is 1. The standard InChI is InChI=1S/C15H19BrN2O2/c1-10-4-5-12(11(2)8-10)15(19)14-13(16)9-17-18(14)6-7-20-3/h4-5,8-9,15,19H,6-7H2,1-3H3. The number of aliphatic hydroxyl groups excluding tert-OH is 1. The molecule has 0 aliphatic carbocycles. The molecule has 1 aromatic carbocycles. The molecule has 0 saturated carbocycles. The SMILES string of the molecule is COCCn1ncc(Br)c1C(O)c1ccc(C)cc1C. The summed E-state index contributed by atoms with van der Waals surface area (Å²) >= 11 is 3.46. The Morgan fingerprint density at radius 3 is 2.80 bits per heavy atom. The maximum absolute atomic E-state index is 10.7. The van der Waals surface area contributed by atoms with E-state index < -0.39 is 6.10 Å². The smallest absolute Gasteiger partial charge is 0.122 e. The molecule has 1 heterocycles. The topological polar surface area (TPSA) is 47.3 Å². The summed E-state index contributed by atoms with van der Waals surface area (Å²) < 4.78 is 7.66. The molecule has 20 heavy (non-hydrogen) atoms. The predicted octanol–water partition coefficient (Wildman–Crippen LogP) is 2.99. The highest BCUT2D eigenvalue weighted by atomic mass is 79.9. The van der Waals surface area contributed by atoms with E-state index in [1.165, 1.54) is 5.56 Å². The van der Waals surface area contributed by atoms with Gasteiger partial charge < -0.3 is 9.84 Å². The van der Waals surface area contributed by atoms with Crippen LogP contribution in [0.2, 0.25) is 0 Å². The van der Waals surface area contributed by atoms with Crippen LogP contribution in [0.15, 0.2) is 28.9 Å². The fourth-order valence-corrected chi connectivity index (χ4v) is 2.79. The number of aliphatic hydroxyl groups is 1. The molecule has 0 saturated heterocycles. The number of methoxy groups -OCH3 is 1. The highest BCUT2D eigenvalue weighted by Crippen LogP contribution is 2.30. The Hall–Kier alpha value is -1.17. The summed E-state index contributed by atoms with van der Waals surface area (Å²) in [6.07, 6.45) is 1.00. The van der Waals surface area contributed by atoms with Crippen LogP contribution in [-0.2, 0) is 11.3 Å². The Kier molecular flexibility index (Phi) is 4.96. The van der Waals surface area contributed by atoms with Gasteiger partial charge in [0.2, 0.25) is 0 Å². The van der Waals surface area contributed by atoms with Crippen molar-refractivity contribution in [3.8, 4) is 0 Å². The lowest BCUT2D eigenvalue weighted by Gasteiger charge is -2.17. The zero-order valence-electron chi connectivity index (χ0n) is 11.9. The minimum Gasteiger partial charge on any atom is -0.383 e. The number of hydrogen-bond donors (Lipinski definition) is 1. The number of benzene rings is 1. The first-order valence-electron chi connectivity index (χ1n) is 6.50. The molecule has 0 aliphatic heterocycles. The third-order valence-electron chi connectivity index (χ3n) is 3.32. The predicted molar refractivity (Wildman–Crippen MR) is 81.8 cm³/mol. The Morgan fingerprint density at radius 2 is 2.15 bits per heavy atom. The van der Waals surface area contributed by atoms with Gasteiger partial charge in [0, 0.05) is 7.11 Å². The summed E-state index contributed by atoms with van der Waals surface area (Å²) in [5.74, 6) is 0. The van der Waals surface area contributed by atoms with E-state index in [0.717, 1.165) is 21.3 Å². The number of aryl methyl sites for hydroxylation is 2. The van der Waals surface area contributed by atoms with Gasteiger partial charge in [0.1, 0.15) is 6.10 Å². The number of hydrogen-bond acceptors (Lipinski definition) is 3. The molecule has 0 spiro atoms. The second-order valence-corrected chi connectivity index (χ2v) is 5.71. The maximum Gasteiger partial charge on any atom is 0.122 e. The summed E-state index contributed by atoms with van der Waals surface area (Å²) in [6.45, 7) is 5.22. The van der Waals surface area contributed by atoms with Crippen molar-refractivity contribution in [2.24, 2.45) is 0 Å². The third kappa shape index (κ3) is 3.11. The van der Waals surface area contributed by atoms with Crippen LogP contribution in [0.4, 0.5) is 0 Å². The van der Waals surface area contributed by atoms with Crippen molar-refractivity contribution in [3.63, 3.8) is 0 Å². The van der Waals surface area contributed by atoms with Gasteiger partial charge in [0.05, 0.1) is 29.5 Å². The van der Waals surface area contributed by atoms with Gasteiger partial charge in [-0.1, -0.05) is 23.8 Å².